The Morgan fingerprint density at radius 2 is 2.14 bits per heavy atom. The van der Waals surface area contributed by atoms with Crippen LogP contribution in [0.1, 0.15) is 44.6 Å². The van der Waals surface area contributed by atoms with Gasteiger partial charge < -0.3 is 4.74 Å². The number of aromatic nitrogens is 2. The van der Waals surface area contributed by atoms with Gasteiger partial charge in [-0.1, -0.05) is 32.5 Å². The molecule has 0 amide bonds. The first-order valence-electron chi connectivity index (χ1n) is 7.62. The largest absolute Gasteiger partial charge is 0.369 e. The van der Waals surface area contributed by atoms with Gasteiger partial charge in [-0.2, -0.15) is 0 Å². The van der Waals surface area contributed by atoms with Crippen molar-refractivity contribution in [1.82, 2.24) is 9.97 Å². The number of thioether (sulfide) groups is 2. The fourth-order valence-corrected chi connectivity index (χ4v) is 5.22. The van der Waals surface area contributed by atoms with Crippen molar-refractivity contribution >= 4 is 45.1 Å². The molecule has 0 spiro atoms. The quantitative estimate of drug-likeness (QED) is 0.431. The minimum absolute atomic E-state index is 0.0566. The summed E-state index contributed by atoms with van der Waals surface area (Å²) in [5.41, 5.74) is 1.37. The summed E-state index contributed by atoms with van der Waals surface area (Å²) in [5.74, 6) is 0. The van der Waals surface area contributed by atoms with Crippen LogP contribution in [0.2, 0.25) is 0 Å². The van der Waals surface area contributed by atoms with E-state index in [4.69, 9.17) is 14.7 Å². The van der Waals surface area contributed by atoms with Crippen molar-refractivity contribution in [1.29, 1.82) is 0 Å². The molecule has 3 nitrogen and oxygen atoms in total. The van der Waals surface area contributed by atoms with Gasteiger partial charge in [0.15, 0.2) is 5.16 Å². The van der Waals surface area contributed by atoms with Crippen LogP contribution in [-0.4, -0.2) is 27.1 Å². The SMILES string of the molecule is CCC1(C)Cc2c(sc3nc(SC)nc(SC(C)C)c23)CO1. The molecule has 0 radical (unpaired) electrons. The normalized spacial score (nSPS) is 21.5. The molecular formula is C16H22N2OS3. The number of hydrogen-bond acceptors (Lipinski definition) is 6. The molecular weight excluding hydrogens is 332 g/mol. The number of ether oxygens (including phenoxy) is 1. The number of thiophene rings is 1. The van der Waals surface area contributed by atoms with Gasteiger partial charge in [0.1, 0.15) is 9.86 Å². The monoisotopic (exact) mass is 354 g/mol. The highest BCUT2D eigenvalue weighted by Crippen LogP contribution is 2.43. The van der Waals surface area contributed by atoms with Crippen molar-refractivity contribution in [2.45, 2.75) is 68.2 Å². The van der Waals surface area contributed by atoms with Gasteiger partial charge in [-0.15, -0.1) is 23.1 Å². The van der Waals surface area contributed by atoms with Crippen LogP contribution >= 0.6 is 34.9 Å². The van der Waals surface area contributed by atoms with Gasteiger partial charge in [-0.3, -0.25) is 0 Å². The summed E-state index contributed by atoms with van der Waals surface area (Å²) in [5, 5.41) is 3.80. The van der Waals surface area contributed by atoms with E-state index in [-0.39, 0.29) is 5.60 Å². The lowest BCUT2D eigenvalue weighted by atomic mass is 9.90. The molecule has 3 rings (SSSR count). The Balaban J connectivity index is 2.18. The number of fused-ring (bicyclic) bond motifs is 3. The third-order valence-electron chi connectivity index (χ3n) is 4.06. The van der Waals surface area contributed by atoms with Gasteiger partial charge in [0.05, 0.1) is 12.2 Å². The second-order valence-electron chi connectivity index (χ2n) is 6.13. The standard InChI is InChI=1S/C16H22N2OS3/c1-6-16(4)7-10-11(8-19-16)22-14-12(10)13(21-9(2)3)17-15(18-14)20-5/h9H,6-8H2,1-5H3. The molecule has 0 saturated carbocycles. The Kier molecular flexibility index (Phi) is 4.74. The topological polar surface area (TPSA) is 35.0 Å². The Morgan fingerprint density at radius 3 is 2.77 bits per heavy atom. The van der Waals surface area contributed by atoms with Crippen LogP contribution in [0.15, 0.2) is 10.2 Å². The lowest BCUT2D eigenvalue weighted by molar-refractivity contribution is -0.0543. The van der Waals surface area contributed by atoms with Crippen LogP contribution in [0.25, 0.3) is 10.2 Å². The van der Waals surface area contributed by atoms with E-state index in [1.807, 2.05) is 18.0 Å². The Labute approximate surface area is 144 Å². The van der Waals surface area contributed by atoms with Crippen molar-refractivity contribution < 1.29 is 4.74 Å². The van der Waals surface area contributed by atoms with Crippen LogP contribution < -0.4 is 0 Å². The van der Waals surface area contributed by atoms with Crippen molar-refractivity contribution in [3.63, 3.8) is 0 Å². The fourth-order valence-electron chi connectivity index (χ4n) is 2.65. The maximum Gasteiger partial charge on any atom is 0.189 e. The predicted molar refractivity (Wildman–Crippen MR) is 97.4 cm³/mol. The van der Waals surface area contributed by atoms with Crippen LogP contribution in [-0.2, 0) is 17.8 Å². The molecule has 0 aliphatic carbocycles. The highest BCUT2D eigenvalue weighted by atomic mass is 32.2. The molecule has 3 heterocycles. The lowest BCUT2D eigenvalue weighted by Gasteiger charge is -2.33. The molecule has 120 valence electrons. The summed E-state index contributed by atoms with van der Waals surface area (Å²) < 4.78 is 6.10. The minimum Gasteiger partial charge on any atom is -0.369 e. The third-order valence-corrected chi connectivity index (χ3v) is 6.70. The van der Waals surface area contributed by atoms with Crippen LogP contribution in [0.4, 0.5) is 0 Å². The van der Waals surface area contributed by atoms with Gasteiger partial charge in [-0.05, 0) is 25.2 Å². The zero-order valence-electron chi connectivity index (χ0n) is 13.7. The van der Waals surface area contributed by atoms with Crippen molar-refractivity contribution in [3.8, 4) is 0 Å². The van der Waals surface area contributed by atoms with Gasteiger partial charge in [0.25, 0.3) is 0 Å². The molecule has 6 heteroatoms. The minimum atomic E-state index is -0.0566. The van der Waals surface area contributed by atoms with Crippen LogP contribution in [0.5, 0.6) is 0 Å². The first-order valence-corrected chi connectivity index (χ1v) is 10.5. The summed E-state index contributed by atoms with van der Waals surface area (Å²) in [6.07, 6.45) is 4.03. The first-order chi connectivity index (χ1) is 10.5. The van der Waals surface area contributed by atoms with Gasteiger partial charge >= 0.3 is 0 Å². The van der Waals surface area contributed by atoms with Crippen LogP contribution in [0, 0.1) is 0 Å². The number of nitrogens with zero attached hydrogens (tertiary/aromatic N) is 2. The van der Waals surface area contributed by atoms with E-state index < -0.39 is 0 Å². The molecule has 0 fully saturated rings. The smallest absolute Gasteiger partial charge is 0.189 e. The molecule has 1 aliphatic heterocycles. The van der Waals surface area contributed by atoms with Crippen molar-refractivity contribution in [2.75, 3.05) is 6.26 Å². The van der Waals surface area contributed by atoms with E-state index in [9.17, 15) is 0 Å². The second kappa shape index (κ2) is 6.30. The molecule has 2 aromatic heterocycles. The molecule has 2 aromatic rings. The zero-order valence-corrected chi connectivity index (χ0v) is 16.2. The second-order valence-corrected chi connectivity index (χ2v) is 9.56. The van der Waals surface area contributed by atoms with Gasteiger partial charge in [0, 0.05) is 21.9 Å². The average molecular weight is 355 g/mol. The van der Waals surface area contributed by atoms with Crippen molar-refractivity contribution in [2.24, 2.45) is 0 Å². The van der Waals surface area contributed by atoms with E-state index >= 15 is 0 Å². The van der Waals surface area contributed by atoms with E-state index in [1.54, 1.807) is 23.1 Å². The first kappa shape index (κ1) is 16.6. The van der Waals surface area contributed by atoms with Crippen molar-refractivity contribution in [3.05, 3.63) is 10.4 Å². The van der Waals surface area contributed by atoms with E-state index in [0.717, 1.165) is 27.9 Å². The molecule has 1 aliphatic rings. The molecule has 0 bridgehead atoms. The van der Waals surface area contributed by atoms with Crippen LogP contribution in [0.3, 0.4) is 0 Å². The molecule has 0 N–H and O–H groups in total. The van der Waals surface area contributed by atoms with Gasteiger partial charge in [0.2, 0.25) is 0 Å². The van der Waals surface area contributed by atoms with E-state index in [2.05, 4.69) is 27.7 Å². The molecule has 1 atom stereocenters. The fraction of sp³-hybridized carbons (Fsp3) is 0.625. The Hall–Kier alpha value is -0.300. The summed E-state index contributed by atoms with van der Waals surface area (Å²) >= 11 is 5.24. The summed E-state index contributed by atoms with van der Waals surface area (Å²) in [6.45, 7) is 9.56. The third kappa shape index (κ3) is 3.03. The van der Waals surface area contributed by atoms with E-state index in [0.29, 0.717) is 11.9 Å². The molecule has 0 saturated heterocycles. The summed E-state index contributed by atoms with van der Waals surface area (Å²) in [4.78, 5) is 12.0. The van der Waals surface area contributed by atoms with E-state index in [1.165, 1.54) is 15.8 Å². The highest BCUT2D eigenvalue weighted by molar-refractivity contribution is 8.00. The summed E-state index contributed by atoms with van der Waals surface area (Å²) in [7, 11) is 0. The molecule has 22 heavy (non-hydrogen) atoms. The number of hydrogen-bond donors (Lipinski definition) is 0. The molecule has 0 aromatic carbocycles. The molecule has 1 unspecified atom stereocenters. The predicted octanol–water partition coefficient (Wildman–Crippen LogP) is 5.16. The summed E-state index contributed by atoms with van der Waals surface area (Å²) in [6, 6.07) is 0. The average Bonchev–Trinajstić information content (AvgIpc) is 2.84. The lowest BCUT2D eigenvalue weighted by Crippen LogP contribution is -2.33. The van der Waals surface area contributed by atoms with Gasteiger partial charge in [-0.25, -0.2) is 9.97 Å². The Morgan fingerprint density at radius 1 is 1.36 bits per heavy atom. The maximum absolute atomic E-state index is 6.10. The number of rotatable bonds is 4. The zero-order chi connectivity index (χ0) is 15.9. The maximum atomic E-state index is 6.10. The highest BCUT2D eigenvalue weighted by Gasteiger charge is 2.33. The Bertz CT molecular complexity index is 698.